The Hall–Kier alpha value is -2.72. The van der Waals surface area contributed by atoms with Gasteiger partial charge in [0.25, 0.3) is 0 Å². The topological polar surface area (TPSA) is 162 Å². The van der Waals surface area contributed by atoms with E-state index < -0.39 is 24.0 Å². The standard InChI is InChI=1S/C14H20N6O4/c1-19-8(2-10(15)13(21)22)5-18-12(19)6-20-7-17-4-9(20)3-11(16)14(23)24/h4-5,7,10-11H,2-3,6,15-16H2,1H3,(H,21,22)(H,23,24)/t10-,11-/m0/s1. The van der Waals surface area contributed by atoms with Crippen molar-refractivity contribution in [3.63, 3.8) is 0 Å². The van der Waals surface area contributed by atoms with Crippen LogP contribution in [0.5, 0.6) is 0 Å². The van der Waals surface area contributed by atoms with Crippen molar-refractivity contribution >= 4 is 11.9 Å². The first-order valence-corrected chi connectivity index (χ1v) is 7.24. The Morgan fingerprint density at radius 2 is 1.71 bits per heavy atom. The third kappa shape index (κ3) is 3.97. The highest BCUT2D eigenvalue weighted by Crippen LogP contribution is 2.10. The van der Waals surface area contributed by atoms with Gasteiger partial charge in [0.1, 0.15) is 17.9 Å². The minimum absolute atomic E-state index is 0.149. The molecule has 130 valence electrons. The summed E-state index contributed by atoms with van der Waals surface area (Å²) in [5, 5.41) is 17.8. The predicted octanol–water partition coefficient (Wildman–Crippen LogP) is -1.43. The molecule has 2 heterocycles. The Morgan fingerprint density at radius 1 is 1.12 bits per heavy atom. The van der Waals surface area contributed by atoms with Crippen molar-refractivity contribution in [1.82, 2.24) is 19.1 Å². The Bertz CT molecular complexity index is 737. The lowest BCUT2D eigenvalue weighted by molar-refractivity contribution is -0.139. The van der Waals surface area contributed by atoms with Gasteiger partial charge in [-0.15, -0.1) is 0 Å². The van der Waals surface area contributed by atoms with Gasteiger partial charge in [0.05, 0.1) is 12.9 Å². The number of nitrogens with zero attached hydrogens (tertiary/aromatic N) is 4. The number of aromatic nitrogens is 4. The van der Waals surface area contributed by atoms with Crippen molar-refractivity contribution in [1.29, 1.82) is 0 Å². The predicted molar refractivity (Wildman–Crippen MR) is 83.2 cm³/mol. The van der Waals surface area contributed by atoms with Gasteiger partial charge in [-0.2, -0.15) is 0 Å². The molecule has 10 heteroatoms. The van der Waals surface area contributed by atoms with Crippen LogP contribution in [-0.2, 0) is 36.0 Å². The fraction of sp³-hybridized carbons (Fsp3) is 0.429. The largest absolute Gasteiger partial charge is 0.480 e. The molecule has 24 heavy (non-hydrogen) atoms. The van der Waals surface area contributed by atoms with Crippen LogP contribution in [0.1, 0.15) is 17.2 Å². The van der Waals surface area contributed by atoms with Crippen LogP contribution >= 0.6 is 0 Å². The van der Waals surface area contributed by atoms with Crippen molar-refractivity contribution in [2.24, 2.45) is 18.5 Å². The monoisotopic (exact) mass is 336 g/mol. The summed E-state index contributed by atoms with van der Waals surface area (Å²) in [6.45, 7) is 0.362. The molecule has 0 unspecified atom stereocenters. The van der Waals surface area contributed by atoms with Crippen LogP contribution in [-0.4, -0.2) is 53.3 Å². The fourth-order valence-corrected chi connectivity index (χ4v) is 2.26. The van der Waals surface area contributed by atoms with Gasteiger partial charge >= 0.3 is 11.9 Å². The molecule has 0 aromatic carbocycles. The number of hydrogen-bond donors (Lipinski definition) is 4. The number of nitrogens with two attached hydrogens (primary N) is 2. The molecule has 6 N–H and O–H groups in total. The number of carbonyl (C=O) groups is 2. The number of carboxylic acids is 2. The highest BCUT2D eigenvalue weighted by Gasteiger charge is 2.18. The first-order chi connectivity index (χ1) is 11.3. The molecule has 0 fully saturated rings. The molecular formula is C14H20N6O4. The lowest BCUT2D eigenvalue weighted by Gasteiger charge is -2.12. The Kier molecular flexibility index (Phi) is 5.31. The van der Waals surface area contributed by atoms with Gasteiger partial charge in [0, 0.05) is 43.7 Å². The van der Waals surface area contributed by atoms with E-state index in [-0.39, 0.29) is 12.8 Å². The van der Waals surface area contributed by atoms with Crippen LogP contribution in [0.2, 0.25) is 0 Å². The van der Waals surface area contributed by atoms with E-state index in [9.17, 15) is 9.59 Å². The van der Waals surface area contributed by atoms with E-state index in [2.05, 4.69) is 9.97 Å². The van der Waals surface area contributed by atoms with Crippen LogP contribution in [0.15, 0.2) is 18.7 Å². The van der Waals surface area contributed by atoms with Crippen LogP contribution in [0.25, 0.3) is 0 Å². The third-order valence-electron chi connectivity index (χ3n) is 3.78. The highest BCUT2D eigenvalue weighted by molar-refractivity contribution is 5.73. The van der Waals surface area contributed by atoms with Gasteiger partial charge in [-0.05, 0) is 0 Å². The van der Waals surface area contributed by atoms with Gasteiger partial charge in [-0.1, -0.05) is 0 Å². The smallest absolute Gasteiger partial charge is 0.320 e. The van der Waals surface area contributed by atoms with Crippen LogP contribution < -0.4 is 11.5 Å². The molecule has 2 aromatic rings. The molecule has 0 bridgehead atoms. The normalized spacial score (nSPS) is 13.6. The summed E-state index contributed by atoms with van der Waals surface area (Å²) < 4.78 is 3.52. The van der Waals surface area contributed by atoms with E-state index in [1.165, 1.54) is 0 Å². The Balaban J connectivity index is 2.13. The number of hydrogen-bond acceptors (Lipinski definition) is 6. The van der Waals surface area contributed by atoms with E-state index >= 15 is 0 Å². The molecule has 0 spiro atoms. The summed E-state index contributed by atoms with van der Waals surface area (Å²) in [4.78, 5) is 30.0. The van der Waals surface area contributed by atoms with Gasteiger partial charge in [-0.25, -0.2) is 9.97 Å². The quantitative estimate of drug-likeness (QED) is 0.456. The lowest BCUT2D eigenvalue weighted by Crippen LogP contribution is -2.33. The minimum atomic E-state index is -1.08. The average molecular weight is 336 g/mol. The van der Waals surface area contributed by atoms with Crippen molar-refractivity contribution in [2.75, 3.05) is 0 Å². The Morgan fingerprint density at radius 3 is 2.29 bits per heavy atom. The van der Waals surface area contributed by atoms with Gasteiger partial charge in [0.15, 0.2) is 0 Å². The zero-order chi connectivity index (χ0) is 17.9. The summed E-state index contributed by atoms with van der Waals surface area (Å²) in [6, 6.07) is -2.00. The number of aliphatic carboxylic acids is 2. The summed E-state index contributed by atoms with van der Waals surface area (Å²) in [6.07, 6.45) is 5.03. The zero-order valence-electron chi connectivity index (χ0n) is 13.2. The third-order valence-corrected chi connectivity index (χ3v) is 3.78. The molecule has 0 aliphatic rings. The van der Waals surface area contributed by atoms with Gasteiger partial charge in [-0.3, -0.25) is 9.59 Å². The molecule has 10 nitrogen and oxygen atoms in total. The number of carboxylic acid groups (broad SMARTS) is 2. The second-order valence-corrected chi connectivity index (χ2v) is 5.54. The van der Waals surface area contributed by atoms with Gasteiger partial charge < -0.3 is 30.8 Å². The van der Waals surface area contributed by atoms with E-state index in [1.807, 2.05) is 0 Å². The average Bonchev–Trinajstić information content (AvgIpc) is 3.08. The first-order valence-electron chi connectivity index (χ1n) is 7.24. The van der Waals surface area contributed by atoms with E-state index in [4.69, 9.17) is 21.7 Å². The molecule has 0 saturated heterocycles. The Labute approximate surface area is 137 Å². The second kappa shape index (κ2) is 7.23. The maximum Gasteiger partial charge on any atom is 0.320 e. The van der Waals surface area contributed by atoms with Crippen LogP contribution in [0, 0.1) is 0 Å². The fourth-order valence-electron chi connectivity index (χ4n) is 2.26. The summed E-state index contributed by atoms with van der Waals surface area (Å²) >= 11 is 0. The molecule has 0 aliphatic carbocycles. The molecule has 2 atom stereocenters. The summed E-state index contributed by atoms with van der Waals surface area (Å²) in [7, 11) is 1.77. The van der Waals surface area contributed by atoms with Crippen molar-refractivity contribution < 1.29 is 19.8 Å². The minimum Gasteiger partial charge on any atom is -0.480 e. The molecule has 0 radical (unpaired) electrons. The van der Waals surface area contributed by atoms with Gasteiger partial charge in [0.2, 0.25) is 0 Å². The SMILES string of the molecule is Cn1c(C[C@H](N)C(=O)O)cnc1Cn1cncc1C[C@H](N)C(=O)O. The van der Waals surface area contributed by atoms with E-state index in [1.54, 1.807) is 34.9 Å². The van der Waals surface area contributed by atoms with Crippen molar-refractivity contribution in [2.45, 2.75) is 31.5 Å². The van der Waals surface area contributed by atoms with Crippen LogP contribution in [0.3, 0.4) is 0 Å². The van der Waals surface area contributed by atoms with Crippen molar-refractivity contribution in [3.8, 4) is 0 Å². The highest BCUT2D eigenvalue weighted by atomic mass is 16.4. The number of rotatable bonds is 8. The number of imidazole rings is 2. The summed E-state index contributed by atoms with van der Waals surface area (Å²) in [5.41, 5.74) is 12.5. The molecule has 0 amide bonds. The van der Waals surface area contributed by atoms with Crippen molar-refractivity contribution in [3.05, 3.63) is 35.9 Å². The second-order valence-electron chi connectivity index (χ2n) is 5.54. The van der Waals surface area contributed by atoms with E-state index in [0.717, 1.165) is 0 Å². The summed E-state index contributed by atoms with van der Waals surface area (Å²) in [5.74, 6) is -1.48. The van der Waals surface area contributed by atoms with E-state index in [0.29, 0.717) is 23.8 Å². The maximum absolute atomic E-state index is 10.9. The lowest BCUT2D eigenvalue weighted by atomic mass is 10.2. The van der Waals surface area contributed by atoms with Crippen LogP contribution in [0.4, 0.5) is 0 Å². The molecule has 0 saturated carbocycles. The first kappa shape index (κ1) is 17.6. The molecule has 2 aromatic heterocycles. The molecule has 0 aliphatic heterocycles. The zero-order valence-corrected chi connectivity index (χ0v) is 13.2. The maximum atomic E-state index is 10.9. The molecule has 2 rings (SSSR count). The molecular weight excluding hydrogens is 316 g/mol.